The summed E-state index contributed by atoms with van der Waals surface area (Å²) >= 11 is 0. The molecule has 1 aromatic rings. The summed E-state index contributed by atoms with van der Waals surface area (Å²) in [5.41, 5.74) is 0.322. The van der Waals surface area contributed by atoms with Gasteiger partial charge in [0.05, 0.1) is 17.3 Å². The molecule has 0 fully saturated rings. The highest BCUT2D eigenvalue weighted by molar-refractivity contribution is 6.52. The molecule has 1 heterocycles. The largest absolute Gasteiger partial charge is 0.300 e. The summed E-state index contributed by atoms with van der Waals surface area (Å²) in [4.78, 5) is 23.7. The first-order valence-corrected chi connectivity index (χ1v) is 4.18. The molecular formula is C10H5FN2O2. The van der Waals surface area contributed by atoms with Gasteiger partial charge < -0.3 is 0 Å². The number of halogens is 1. The van der Waals surface area contributed by atoms with E-state index in [4.69, 9.17) is 5.26 Å². The van der Waals surface area contributed by atoms with Gasteiger partial charge in [0, 0.05) is 0 Å². The molecular weight excluding hydrogens is 199 g/mol. The van der Waals surface area contributed by atoms with Crippen LogP contribution in [0.5, 0.6) is 0 Å². The topological polar surface area (TPSA) is 61.2 Å². The molecule has 0 bridgehead atoms. The number of carbonyl (C=O) groups excluding carboxylic acids is 2. The number of nitrogens with zero attached hydrogens (tertiary/aromatic N) is 2. The lowest BCUT2D eigenvalue weighted by molar-refractivity contribution is -0.114. The van der Waals surface area contributed by atoms with Crippen molar-refractivity contribution in [1.29, 1.82) is 5.26 Å². The normalized spacial score (nSPS) is 14.0. The van der Waals surface area contributed by atoms with E-state index in [0.717, 1.165) is 17.0 Å². The highest BCUT2D eigenvalue weighted by atomic mass is 19.1. The van der Waals surface area contributed by atoms with Gasteiger partial charge in [-0.25, -0.2) is 4.39 Å². The summed E-state index contributed by atoms with van der Waals surface area (Å²) in [6.45, 7) is -0.249. The van der Waals surface area contributed by atoms with Gasteiger partial charge in [0.25, 0.3) is 11.7 Å². The monoisotopic (exact) mass is 204 g/mol. The van der Waals surface area contributed by atoms with Crippen molar-refractivity contribution in [2.45, 2.75) is 0 Å². The van der Waals surface area contributed by atoms with Crippen molar-refractivity contribution in [3.8, 4) is 6.07 Å². The molecule has 0 saturated heterocycles. The summed E-state index contributed by atoms with van der Waals surface area (Å²) in [7, 11) is 0. The lowest BCUT2D eigenvalue weighted by atomic mass is 10.1. The van der Waals surface area contributed by atoms with Gasteiger partial charge >= 0.3 is 0 Å². The third-order valence-corrected chi connectivity index (χ3v) is 2.16. The van der Waals surface area contributed by atoms with Gasteiger partial charge in [0.15, 0.2) is 0 Å². The average molecular weight is 204 g/mol. The zero-order chi connectivity index (χ0) is 11.0. The third-order valence-electron chi connectivity index (χ3n) is 2.16. The van der Waals surface area contributed by atoms with Crippen LogP contribution in [0.1, 0.15) is 10.4 Å². The Balaban J connectivity index is 2.57. The number of hydrogen-bond acceptors (Lipinski definition) is 3. The van der Waals surface area contributed by atoms with Gasteiger partial charge in [0.1, 0.15) is 12.4 Å². The second kappa shape index (κ2) is 3.17. The van der Waals surface area contributed by atoms with Gasteiger partial charge in [-0.15, -0.1) is 0 Å². The molecule has 4 nitrogen and oxygen atoms in total. The van der Waals surface area contributed by atoms with Crippen LogP contribution in [0.15, 0.2) is 18.2 Å². The van der Waals surface area contributed by atoms with E-state index in [1.807, 2.05) is 0 Å². The highest BCUT2D eigenvalue weighted by Gasteiger charge is 2.35. The van der Waals surface area contributed by atoms with E-state index < -0.39 is 17.5 Å². The van der Waals surface area contributed by atoms with Crippen molar-refractivity contribution < 1.29 is 14.0 Å². The SMILES string of the molecule is N#CCN1C(=O)C(=O)c2ccc(F)cc21. The average Bonchev–Trinajstić information content (AvgIpc) is 2.44. The van der Waals surface area contributed by atoms with Crippen molar-refractivity contribution in [1.82, 2.24) is 0 Å². The Kier molecular flexibility index (Phi) is 1.97. The fourth-order valence-corrected chi connectivity index (χ4v) is 1.49. The van der Waals surface area contributed by atoms with Crippen molar-refractivity contribution in [3.05, 3.63) is 29.6 Å². The summed E-state index contributed by atoms with van der Waals surface area (Å²) in [5, 5.41) is 8.48. The minimum atomic E-state index is -0.780. The first-order chi connectivity index (χ1) is 7.15. The van der Waals surface area contributed by atoms with Gasteiger partial charge in [-0.2, -0.15) is 5.26 Å². The van der Waals surface area contributed by atoms with Crippen LogP contribution in [0.4, 0.5) is 10.1 Å². The van der Waals surface area contributed by atoms with E-state index >= 15 is 0 Å². The van der Waals surface area contributed by atoms with Crippen molar-refractivity contribution >= 4 is 17.4 Å². The zero-order valence-corrected chi connectivity index (χ0v) is 7.53. The number of hydrogen-bond donors (Lipinski definition) is 0. The second-order valence-electron chi connectivity index (χ2n) is 3.04. The Hall–Kier alpha value is -2.22. The Bertz CT molecular complexity index is 505. The van der Waals surface area contributed by atoms with Crippen LogP contribution in [-0.4, -0.2) is 18.2 Å². The van der Waals surface area contributed by atoms with Crippen LogP contribution in [-0.2, 0) is 4.79 Å². The Morgan fingerprint density at radius 1 is 1.40 bits per heavy atom. The molecule has 1 aromatic carbocycles. The smallest absolute Gasteiger partial charge is 0.291 e. The zero-order valence-electron chi connectivity index (χ0n) is 7.53. The van der Waals surface area contributed by atoms with Crippen LogP contribution in [0.25, 0.3) is 0 Å². The third kappa shape index (κ3) is 1.27. The first kappa shape index (κ1) is 9.34. The van der Waals surface area contributed by atoms with Crippen molar-refractivity contribution in [2.75, 3.05) is 11.4 Å². The Labute approximate surface area is 84.5 Å². The van der Waals surface area contributed by atoms with E-state index in [1.54, 1.807) is 6.07 Å². The van der Waals surface area contributed by atoms with E-state index in [0.29, 0.717) is 0 Å². The predicted molar refractivity (Wildman–Crippen MR) is 48.7 cm³/mol. The highest BCUT2D eigenvalue weighted by Crippen LogP contribution is 2.28. The molecule has 0 radical (unpaired) electrons. The molecule has 0 N–H and O–H groups in total. The molecule has 0 saturated carbocycles. The Morgan fingerprint density at radius 2 is 2.13 bits per heavy atom. The number of rotatable bonds is 1. The molecule has 0 spiro atoms. The van der Waals surface area contributed by atoms with Crippen LogP contribution >= 0.6 is 0 Å². The van der Waals surface area contributed by atoms with Gasteiger partial charge in [-0.05, 0) is 18.2 Å². The number of benzene rings is 1. The molecule has 74 valence electrons. The number of fused-ring (bicyclic) bond motifs is 1. The number of amides is 1. The number of ketones is 1. The van der Waals surface area contributed by atoms with E-state index in [-0.39, 0.29) is 17.8 Å². The molecule has 15 heavy (non-hydrogen) atoms. The van der Waals surface area contributed by atoms with Crippen molar-refractivity contribution in [3.63, 3.8) is 0 Å². The maximum absolute atomic E-state index is 12.9. The fourth-order valence-electron chi connectivity index (χ4n) is 1.49. The lowest BCUT2D eigenvalue weighted by Crippen LogP contribution is -2.29. The number of anilines is 1. The van der Waals surface area contributed by atoms with Crippen LogP contribution in [0, 0.1) is 17.1 Å². The fraction of sp³-hybridized carbons (Fsp3) is 0.100. The maximum atomic E-state index is 12.9. The van der Waals surface area contributed by atoms with E-state index in [2.05, 4.69) is 0 Å². The molecule has 0 aromatic heterocycles. The van der Waals surface area contributed by atoms with E-state index in [9.17, 15) is 14.0 Å². The summed E-state index contributed by atoms with van der Waals surface area (Å²) in [6.07, 6.45) is 0. The maximum Gasteiger partial charge on any atom is 0.300 e. The van der Waals surface area contributed by atoms with Gasteiger partial charge in [-0.1, -0.05) is 0 Å². The lowest BCUT2D eigenvalue weighted by Gasteiger charge is -2.10. The minimum Gasteiger partial charge on any atom is -0.291 e. The van der Waals surface area contributed by atoms with Crippen LogP contribution < -0.4 is 4.90 Å². The minimum absolute atomic E-state index is 0.150. The number of nitriles is 1. The second-order valence-corrected chi connectivity index (χ2v) is 3.04. The van der Waals surface area contributed by atoms with Gasteiger partial charge in [0.2, 0.25) is 0 Å². The first-order valence-electron chi connectivity index (χ1n) is 4.18. The van der Waals surface area contributed by atoms with Crippen LogP contribution in [0.3, 0.4) is 0 Å². The standard InChI is InChI=1S/C10H5FN2O2/c11-6-1-2-7-8(5-6)13(4-3-12)10(15)9(7)14/h1-2,5H,4H2. The number of Topliss-reactive ketones (excluding diaryl/α,β-unsaturated/α-hetero) is 1. The summed E-state index contributed by atoms with van der Waals surface area (Å²) < 4.78 is 12.9. The molecule has 2 rings (SSSR count). The van der Waals surface area contributed by atoms with Gasteiger partial charge in [-0.3, -0.25) is 14.5 Å². The quantitative estimate of drug-likeness (QED) is 0.504. The van der Waals surface area contributed by atoms with E-state index in [1.165, 1.54) is 6.07 Å². The number of carbonyl (C=O) groups is 2. The molecule has 0 aliphatic carbocycles. The molecule has 0 unspecified atom stereocenters. The molecule has 1 amide bonds. The summed E-state index contributed by atoms with van der Waals surface area (Å²) in [5.74, 6) is -2.02. The summed E-state index contributed by atoms with van der Waals surface area (Å²) in [6, 6.07) is 5.19. The predicted octanol–water partition coefficient (Wildman–Crippen LogP) is 0.879. The Morgan fingerprint density at radius 3 is 2.80 bits per heavy atom. The molecule has 0 atom stereocenters. The van der Waals surface area contributed by atoms with Crippen molar-refractivity contribution in [2.24, 2.45) is 0 Å². The van der Waals surface area contributed by atoms with Crippen LogP contribution in [0.2, 0.25) is 0 Å². The molecule has 1 aliphatic heterocycles. The molecule has 5 heteroatoms. The molecule has 1 aliphatic rings.